The molecule has 0 aliphatic carbocycles. The topological polar surface area (TPSA) is 47.7 Å². The molecule has 0 bridgehead atoms. The van der Waals surface area contributed by atoms with Gasteiger partial charge in [-0.3, -0.25) is 0 Å². The molecule has 0 radical (unpaired) electrons. The highest BCUT2D eigenvalue weighted by Crippen LogP contribution is 2.46. The van der Waals surface area contributed by atoms with Gasteiger partial charge < -0.3 is 20.1 Å². The normalized spacial score (nSPS) is 35.1. The van der Waals surface area contributed by atoms with Gasteiger partial charge >= 0.3 is 0 Å². The summed E-state index contributed by atoms with van der Waals surface area (Å²) in [5.41, 5.74) is 7.50. The predicted octanol–water partition coefficient (Wildman–Crippen LogP) is 2.47. The van der Waals surface area contributed by atoms with Crippen LogP contribution in [0.1, 0.15) is 43.7 Å². The van der Waals surface area contributed by atoms with E-state index in [1.165, 1.54) is 19.4 Å². The van der Waals surface area contributed by atoms with Crippen molar-refractivity contribution in [3.63, 3.8) is 0 Å². The number of benzene rings is 1. The van der Waals surface area contributed by atoms with Crippen LogP contribution in [0.3, 0.4) is 0 Å². The van der Waals surface area contributed by atoms with Gasteiger partial charge in [-0.1, -0.05) is 6.07 Å². The van der Waals surface area contributed by atoms with E-state index < -0.39 is 0 Å². The molecule has 1 aromatic carbocycles. The van der Waals surface area contributed by atoms with E-state index in [0.29, 0.717) is 6.04 Å². The van der Waals surface area contributed by atoms with Gasteiger partial charge in [-0.05, 0) is 31.9 Å². The van der Waals surface area contributed by atoms with Crippen LogP contribution in [-0.2, 0) is 0 Å². The van der Waals surface area contributed by atoms with E-state index in [1.807, 2.05) is 12.1 Å². The van der Waals surface area contributed by atoms with Crippen LogP contribution in [0.5, 0.6) is 11.5 Å². The Balaban J connectivity index is 1.63. The number of ether oxygens (including phenoxy) is 2. The van der Waals surface area contributed by atoms with E-state index in [2.05, 4.69) is 11.0 Å². The van der Waals surface area contributed by atoms with Crippen molar-refractivity contribution >= 4 is 0 Å². The summed E-state index contributed by atoms with van der Waals surface area (Å²) in [5, 5.41) is 0. The Morgan fingerprint density at radius 3 is 3.10 bits per heavy atom. The minimum Gasteiger partial charge on any atom is -0.497 e. The number of hydrogen-bond acceptors (Lipinski definition) is 4. The van der Waals surface area contributed by atoms with E-state index in [4.69, 9.17) is 15.2 Å². The minimum atomic E-state index is -0.0652. The molecule has 3 aliphatic heterocycles. The summed E-state index contributed by atoms with van der Waals surface area (Å²) in [5.74, 6) is 1.77. The Morgan fingerprint density at radius 1 is 1.33 bits per heavy atom. The van der Waals surface area contributed by atoms with Crippen LogP contribution in [0, 0.1) is 0 Å². The predicted molar refractivity (Wildman–Crippen MR) is 81.7 cm³/mol. The number of nitrogens with two attached hydrogens (primary N) is 1. The molecular weight excluding hydrogens is 264 g/mol. The van der Waals surface area contributed by atoms with Crippen LogP contribution in [0.2, 0.25) is 0 Å². The number of methoxy groups -OCH3 is 1. The summed E-state index contributed by atoms with van der Waals surface area (Å²) in [7, 11) is 1.69. The van der Waals surface area contributed by atoms with Gasteiger partial charge in [0.1, 0.15) is 17.1 Å². The van der Waals surface area contributed by atoms with Gasteiger partial charge in [-0.25, -0.2) is 0 Å². The lowest BCUT2D eigenvalue weighted by molar-refractivity contribution is -0.0359. The fourth-order valence-electron chi connectivity index (χ4n) is 4.40. The third-order valence-electron chi connectivity index (χ3n) is 5.50. The van der Waals surface area contributed by atoms with E-state index in [1.54, 1.807) is 7.11 Å². The zero-order valence-electron chi connectivity index (χ0n) is 12.7. The number of nitrogens with zero attached hydrogens (tertiary/aromatic N) is 1. The van der Waals surface area contributed by atoms with Gasteiger partial charge in [0.2, 0.25) is 0 Å². The summed E-state index contributed by atoms with van der Waals surface area (Å²) in [6.07, 6.45) is 5.80. The summed E-state index contributed by atoms with van der Waals surface area (Å²) in [6.45, 7) is 2.41. The smallest absolute Gasteiger partial charge is 0.128 e. The van der Waals surface area contributed by atoms with Crippen LogP contribution in [0.15, 0.2) is 18.2 Å². The molecule has 0 saturated carbocycles. The van der Waals surface area contributed by atoms with Crippen LogP contribution in [0.25, 0.3) is 0 Å². The molecule has 2 N–H and O–H groups in total. The van der Waals surface area contributed by atoms with Crippen molar-refractivity contribution in [3.8, 4) is 11.5 Å². The lowest BCUT2D eigenvalue weighted by atomic mass is 9.78. The zero-order chi connectivity index (χ0) is 14.4. The molecule has 2 saturated heterocycles. The lowest BCUT2D eigenvalue weighted by Crippen LogP contribution is -2.53. The maximum absolute atomic E-state index is 6.49. The van der Waals surface area contributed by atoms with Crippen LogP contribution in [-0.4, -0.2) is 36.7 Å². The first kappa shape index (κ1) is 13.4. The quantitative estimate of drug-likeness (QED) is 0.862. The first-order chi connectivity index (χ1) is 10.2. The van der Waals surface area contributed by atoms with E-state index in [9.17, 15) is 0 Å². The van der Waals surface area contributed by atoms with Crippen molar-refractivity contribution in [3.05, 3.63) is 23.8 Å². The molecule has 4 rings (SSSR count). The van der Waals surface area contributed by atoms with Crippen LogP contribution in [0.4, 0.5) is 0 Å². The molecule has 21 heavy (non-hydrogen) atoms. The van der Waals surface area contributed by atoms with Gasteiger partial charge in [0.25, 0.3) is 0 Å². The van der Waals surface area contributed by atoms with Crippen molar-refractivity contribution in [2.75, 3.05) is 20.2 Å². The second-order valence-corrected chi connectivity index (χ2v) is 6.79. The molecule has 4 nitrogen and oxygen atoms in total. The minimum absolute atomic E-state index is 0.0652. The van der Waals surface area contributed by atoms with Gasteiger partial charge in [-0.15, -0.1) is 0 Å². The molecule has 3 atom stereocenters. The highest BCUT2D eigenvalue weighted by molar-refractivity contribution is 5.44. The highest BCUT2D eigenvalue weighted by atomic mass is 16.5. The standard InChI is InChI=1S/C17H24N2O2/c1-20-13-4-5-14-15(18)11-17(21-16(14)9-13)6-8-19-7-2-3-12(19)10-17/h4-5,9,12,15H,2-3,6-8,10-11,18H2,1H3/t12?,15-,17?/m1/s1. The Labute approximate surface area is 126 Å². The van der Waals surface area contributed by atoms with Gasteiger partial charge in [0, 0.05) is 43.1 Å². The third kappa shape index (κ3) is 2.21. The van der Waals surface area contributed by atoms with Gasteiger partial charge in [0.15, 0.2) is 0 Å². The summed E-state index contributed by atoms with van der Waals surface area (Å²) in [4.78, 5) is 2.63. The molecule has 114 valence electrons. The fourth-order valence-corrected chi connectivity index (χ4v) is 4.40. The Hall–Kier alpha value is -1.26. The summed E-state index contributed by atoms with van der Waals surface area (Å²) in [6, 6.07) is 6.79. The molecule has 1 spiro atoms. The monoisotopic (exact) mass is 288 g/mol. The Morgan fingerprint density at radius 2 is 2.24 bits per heavy atom. The molecule has 3 heterocycles. The molecule has 4 heteroatoms. The Bertz CT molecular complexity index is 548. The number of rotatable bonds is 1. The number of hydrogen-bond donors (Lipinski definition) is 1. The average molecular weight is 288 g/mol. The largest absolute Gasteiger partial charge is 0.497 e. The molecule has 3 aliphatic rings. The van der Waals surface area contributed by atoms with Crippen molar-refractivity contribution in [2.24, 2.45) is 5.73 Å². The molecule has 0 amide bonds. The van der Waals surface area contributed by atoms with E-state index in [0.717, 1.165) is 42.9 Å². The maximum Gasteiger partial charge on any atom is 0.128 e. The van der Waals surface area contributed by atoms with E-state index in [-0.39, 0.29) is 11.6 Å². The average Bonchev–Trinajstić information content (AvgIpc) is 2.93. The van der Waals surface area contributed by atoms with Crippen molar-refractivity contribution in [1.29, 1.82) is 0 Å². The van der Waals surface area contributed by atoms with Crippen molar-refractivity contribution in [2.45, 2.75) is 49.8 Å². The SMILES string of the molecule is COc1ccc2c(c1)OC1(CCN3CCCC3C1)C[C@H]2N. The first-order valence-electron chi connectivity index (χ1n) is 8.06. The molecule has 2 fully saturated rings. The lowest BCUT2D eigenvalue weighted by Gasteiger charge is -2.48. The summed E-state index contributed by atoms with van der Waals surface area (Å²) < 4.78 is 11.8. The molecule has 1 aromatic rings. The second kappa shape index (κ2) is 4.89. The molecular formula is C17H24N2O2. The number of piperidine rings is 1. The Kier molecular flexibility index (Phi) is 3.12. The van der Waals surface area contributed by atoms with Gasteiger partial charge in [-0.2, -0.15) is 0 Å². The second-order valence-electron chi connectivity index (χ2n) is 6.79. The van der Waals surface area contributed by atoms with Crippen molar-refractivity contribution < 1.29 is 9.47 Å². The molecule has 2 unspecified atom stereocenters. The highest BCUT2D eigenvalue weighted by Gasteiger charge is 2.46. The maximum atomic E-state index is 6.49. The zero-order valence-corrected chi connectivity index (χ0v) is 12.7. The number of fused-ring (bicyclic) bond motifs is 2. The fraction of sp³-hybridized carbons (Fsp3) is 0.647. The van der Waals surface area contributed by atoms with E-state index >= 15 is 0 Å². The van der Waals surface area contributed by atoms with Crippen LogP contribution >= 0.6 is 0 Å². The van der Waals surface area contributed by atoms with Gasteiger partial charge in [0.05, 0.1) is 7.11 Å². The summed E-state index contributed by atoms with van der Waals surface area (Å²) >= 11 is 0. The molecule has 0 aromatic heterocycles. The van der Waals surface area contributed by atoms with Crippen LogP contribution < -0.4 is 15.2 Å². The van der Waals surface area contributed by atoms with Crippen molar-refractivity contribution in [1.82, 2.24) is 4.90 Å². The third-order valence-corrected chi connectivity index (χ3v) is 5.50. The first-order valence-corrected chi connectivity index (χ1v) is 8.06.